The molecule has 2 aromatic carbocycles. The number of hydrogen-bond donors (Lipinski definition) is 2. The number of ether oxygens (including phenoxy) is 1. The number of amides is 1. The maximum absolute atomic E-state index is 12.2. The van der Waals surface area contributed by atoms with Crippen LogP contribution in [0.5, 0.6) is 5.75 Å². The lowest BCUT2D eigenvalue weighted by molar-refractivity contribution is 0.102. The van der Waals surface area contributed by atoms with Crippen LogP contribution in [0.15, 0.2) is 36.4 Å². The Kier molecular flexibility index (Phi) is 4.31. The fraction of sp³-hybridized carbons (Fsp3) is 0.0667. The summed E-state index contributed by atoms with van der Waals surface area (Å²) in [6, 6.07) is 11.3. The van der Waals surface area contributed by atoms with Gasteiger partial charge in [0.1, 0.15) is 11.8 Å². The first-order valence-corrected chi connectivity index (χ1v) is 6.37. The standard InChI is InChI=1S/C15H12ClN3O2/c1-21-14-6-9(3-5-12(14)18)15(20)19-13-7-11(16)4-2-10(13)8-17/h2-7H,18H2,1H3,(H,19,20). The van der Waals surface area contributed by atoms with E-state index in [1.54, 1.807) is 24.3 Å². The summed E-state index contributed by atoms with van der Waals surface area (Å²) in [6.45, 7) is 0. The van der Waals surface area contributed by atoms with E-state index in [-0.39, 0.29) is 5.91 Å². The van der Waals surface area contributed by atoms with Gasteiger partial charge in [0.25, 0.3) is 5.91 Å². The summed E-state index contributed by atoms with van der Waals surface area (Å²) in [6.07, 6.45) is 0. The van der Waals surface area contributed by atoms with Crippen LogP contribution in [-0.2, 0) is 0 Å². The minimum atomic E-state index is -0.382. The molecular weight excluding hydrogens is 290 g/mol. The molecule has 106 valence electrons. The van der Waals surface area contributed by atoms with Crippen molar-refractivity contribution in [2.75, 3.05) is 18.2 Å². The number of nitrogens with zero attached hydrogens (tertiary/aromatic N) is 1. The van der Waals surface area contributed by atoms with Gasteiger partial charge in [-0.1, -0.05) is 11.6 Å². The van der Waals surface area contributed by atoms with Gasteiger partial charge >= 0.3 is 0 Å². The lowest BCUT2D eigenvalue weighted by Crippen LogP contribution is -2.13. The summed E-state index contributed by atoms with van der Waals surface area (Å²) in [5.74, 6) is 0.0290. The molecule has 0 fully saturated rings. The molecule has 21 heavy (non-hydrogen) atoms. The molecular formula is C15H12ClN3O2. The van der Waals surface area contributed by atoms with Gasteiger partial charge in [-0.05, 0) is 36.4 Å². The van der Waals surface area contributed by atoms with E-state index in [4.69, 9.17) is 27.3 Å². The molecule has 0 saturated carbocycles. The number of nitriles is 1. The van der Waals surface area contributed by atoms with Gasteiger partial charge in [0.05, 0.1) is 24.0 Å². The Morgan fingerprint density at radius 3 is 2.76 bits per heavy atom. The van der Waals surface area contributed by atoms with Crippen LogP contribution in [0.3, 0.4) is 0 Å². The van der Waals surface area contributed by atoms with Gasteiger partial charge in [0.2, 0.25) is 0 Å². The normalized spacial score (nSPS) is 9.76. The molecule has 0 aromatic heterocycles. The molecule has 0 spiro atoms. The van der Waals surface area contributed by atoms with Crippen LogP contribution >= 0.6 is 11.6 Å². The van der Waals surface area contributed by atoms with Crippen LogP contribution in [0.1, 0.15) is 15.9 Å². The number of anilines is 2. The van der Waals surface area contributed by atoms with Crippen molar-refractivity contribution in [1.29, 1.82) is 5.26 Å². The molecule has 2 rings (SSSR count). The molecule has 6 heteroatoms. The van der Waals surface area contributed by atoms with E-state index in [9.17, 15) is 4.79 Å². The van der Waals surface area contributed by atoms with E-state index in [0.717, 1.165) is 0 Å². The van der Waals surface area contributed by atoms with Gasteiger partial charge in [0.15, 0.2) is 0 Å². The van der Waals surface area contributed by atoms with E-state index < -0.39 is 0 Å². The highest BCUT2D eigenvalue weighted by molar-refractivity contribution is 6.31. The fourth-order valence-electron chi connectivity index (χ4n) is 1.76. The highest BCUT2D eigenvalue weighted by atomic mass is 35.5. The number of nitrogens with one attached hydrogen (secondary N) is 1. The first-order chi connectivity index (χ1) is 10.0. The summed E-state index contributed by atoms with van der Waals surface area (Å²) in [7, 11) is 1.47. The van der Waals surface area contributed by atoms with Crippen LogP contribution in [0, 0.1) is 11.3 Å². The quantitative estimate of drug-likeness (QED) is 0.853. The largest absolute Gasteiger partial charge is 0.495 e. The monoisotopic (exact) mass is 301 g/mol. The topological polar surface area (TPSA) is 88.1 Å². The molecule has 1 amide bonds. The molecule has 0 bridgehead atoms. The first kappa shape index (κ1) is 14.7. The smallest absolute Gasteiger partial charge is 0.255 e. The summed E-state index contributed by atoms with van der Waals surface area (Å²) < 4.78 is 5.07. The maximum Gasteiger partial charge on any atom is 0.255 e. The number of methoxy groups -OCH3 is 1. The summed E-state index contributed by atoms with van der Waals surface area (Å²) >= 11 is 5.87. The Labute approximate surface area is 126 Å². The Bertz CT molecular complexity index is 738. The Morgan fingerprint density at radius 1 is 1.33 bits per heavy atom. The molecule has 0 unspecified atom stereocenters. The zero-order valence-corrected chi connectivity index (χ0v) is 11.9. The molecule has 2 aromatic rings. The number of hydrogen-bond acceptors (Lipinski definition) is 4. The Hall–Kier alpha value is -2.71. The zero-order chi connectivity index (χ0) is 15.4. The van der Waals surface area contributed by atoms with Crippen LogP contribution in [-0.4, -0.2) is 13.0 Å². The first-order valence-electron chi connectivity index (χ1n) is 5.99. The number of nitrogen functional groups attached to an aromatic ring is 1. The molecule has 0 saturated heterocycles. The second kappa shape index (κ2) is 6.16. The van der Waals surface area contributed by atoms with Gasteiger partial charge in [-0.3, -0.25) is 4.79 Å². The predicted octanol–water partition coefficient (Wildman–Crippen LogP) is 3.05. The average Bonchev–Trinajstić information content (AvgIpc) is 2.48. The third kappa shape index (κ3) is 3.25. The van der Waals surface area contributed by atoms with Crippen molar-refractivity contribution in [2.45, 2.75) is 0 Å². The number of nitrogens with two attached hydrogens (primary N) is 1. The van der Waals surface area contributed by atoms with Crippen LogP contribution in [0.2, 0.25) is 5.02 Å². The molecule has 0 atom stereocenters. The van der Waals surface area contributed by atoms with E-state index in [1.807, 2.05) is 6.07 Å². The second-order valence-corrected chi connectivity index (χ2v) is 4.65. The predicted molar refractivity (Wildman–Crippen MR) is 81.5 cm³/mol. The maximum atomic E-state index is 12.2. The van der Waals surface area contributed by atoms with Crippen molar-refractivity contribution in [1.82, 2.24) is 0 Å². The molecule has 0 aliphatic carbocycles. The third-order valence-corrected chi connectivity index (χ3v) is 3.08. The zero-order valence-electron chi connectivity index (χ0n) is 11.2. The van der Waals surface area contributed by atoms with Crippen molar-refractivity contribution in [3.8, 4) is 11.8 Å². The molecule has 0 radical (unpaired) electrons. The van der Waals surface area contributed by atoms with Crippen molar-refractivity contribution in [2.24, 2.45) is 0 Å². The van der Waals surface area contributed by atoms with Crippen molar-refractivity contribution in [3.05, 3.63) is 52.5 Å². The van der Waals surface area contributed by atoms with Gasteiger partial charge in [-0.15, -0.1) is 0 Å². The highest BCUT2D eigenvalue weighted by Gasteiger charge is 2.12. The van der Waals surface area contributed by atoms with Crippen molar-refractivity contribution >= 4 is 28.9 Å². The second-order valence-electron chi connectivity index (χ2n) is 4.21. The molecule has 3 N–H and O–H groups in total. The highest BCUT2D eigenvalue weighted by Crippen LogP contribution is 2.24. The average molecular weight is 302 g/mol. The minimum absolute atomic E-state index is 0.329. The number of rotatable bonds is 3. The molecule has 0 aliphatic rings. The summed E-state index contributed by atoms with van der Waals surface area (Å²) in [5.41, 5.74) is 7.19. The molecule has 0 aliphatic heterocycles. The van der Waals surface area contributed by atoms with Crippen molar-refractivity contribution < 1.29 is 9.53 Å². The van der Waals surface area contributed by atoms with Gasteiger partial charge < -0.3 is 15.8 Å². The third-order valence-electron chi connectivity index (χ3n) is 2.85. The van der Waals surface area contributed by atoms with Crippen LogP contribution in [0.4, 0.5) is 11.4 Å². The molecule has 0 heterocycles. The number of carbonyl (C=O) groups excluding carboxylic acids is 1. The Morgan fingerprint density at radius 2 is 2.10 bits per heavy atom. The summed E-state index contributed by atoms with van der Waals surface area (Å²) in [5, 5.41) is 12.1. The van der Waals surface area contributed by atoms with E-state index in [1.165, 1.54) is 19.2 Å². The van der Waals surface area contributed by atoms with E-state index >= 15 is 0 Å². The van der Waals surface area contributed by atoms with Crippen LogP contribution < -0.4 is 15.8 Å². The lowest BCUT2D eigenvalue weighted by atomic mass is 10.1. The number of benzene rings is 2. The molecule has 5 nitrogen and oxygen atoms in total. The Balaban J connectivity index is 2.30. The van der Waals surface area contributed by atoms with E-state index in [2.05, 4.69) is 5.32 Å². The van der Waals surface area contributed by atoms with Crippen LogP contribution in [0.25, 0.3) is 0 Å². The number of carbonyl (C=O) groups is 1. The van der Waals surface area contributed by atoms with Gasteiger partial charge in [-0.25, -0.2) is 0 Å². The number of halogens is 1. The summed E-state index contributed by atoms with van der Waals surface area (Å²) in [4.78, 5) is 12.2. The lowest BCUT2D eigenvalue weighted by Gasteiger charge is -2.09. The van der Waals surface area contributed by atoms with Gasteiger partial charge in [-0.2, -0.15) is 5.26 Å². The minimum Gasteiger partial charge on any atom is -0.495 e. The van der Waals surface area contributed by atoms with Gasteiger partial charge in [0, 0.05) is 10.6 Å². The fourth-order valence-corrected chi connectivity index (χ4v) is 1.94. The SMILES string of the molecule is COc1cc(C(=O)Nc2cc(Cl)ccc2C#N)ccc1N. The van der Waals surface area contributed by atoms with Crippen molar-refractivity contribution in [3.63, 3.8) is 0 Å². The van der Waals surface area contributed by atoms with E-state index in [0.29, 0.717) is 33.3 Å².